The van der Waals surface area contributed by atoms with Crippen LogP contribution in [0.1, 0.15) is 31.2 Å². The fourth-order valence-corrected chi connectivity index (χ4v) is 4.13. The second-order valence-corrected chi connectivity index (χ2v) is 7.78. The molecule has 22 heavy (non-hydrogen) atoms. The summed E-state index contributed by atoms with van der Waals surface area (Å²) in [6.45, 7) is 2.00. The van der Waals surface area contributed by atoms with Crippen LogP contribution in [-0.2, 0) is 20.4 Å². The van der Waals surface area contributed by atoms with Crippen molar-refractivity contribution in [1.82, 2.24) is 10.2 Å². The number of hydrogen-bond donors (Lipinski definition) is 1. The van der Waals surface area contributed by atoms with E-state index >= 15 is 0 Å². The van der Waals surface area contributed by atoms with Crippen molar-refractivity contribution in [1.29, 1.82) is 0 Å². The Balaban J connectivity index is 2.02. The average Bonchev–Trinajstić information content (AvgIpc) is 2.92. The Morgan fingerprint density at radius 3 is 2.64 bits per heavy atom. The Labute approximate surface area is 133 Å². The zero-order valence-corrected chi connectivity index (χ0v) is 13.8. The van der Waals surface area contributed by atoms with Crippen molar-refractivity contribution in [3.63, 3.8) is 0 Å². The SMILES string of the molecule is CCCCC(=O)Nc1nnc(CS(=O)(=O)c2ccccc2)s1. The van der Waals surface area contributed by atoms with Crippen LogP contribution in [0.2, 0.25) is 0 Å². The molecule has 1 amide bonds. The van der Waals surface area contributed by atoms with E-state index in [0.29, 0.717) is 16.6 Å². The van der Waals surface area contributed by atoms with Crippen molar-refractivity contribution < 1.29 is 13.2 Å². The lowest BCUT2D eigenvalue weighted by molar-refractivity contribution is -0.116. The maximum atomic E-state index is 12.2. The van der Waals surface area contributed by atoms with E-state index in [0.717, 1.165) is 24.2 Å². The molecule has 8 heteroatoms. The molecular formula is C14H17N3O3S2. The minimum Gasteiger partial charge on any atom is -0.301 e. The molecule has 1 heterocycles. The van der Waals surface area contributed by atoms with Crippen molar-refractivity contribution in [3.8, 4) is 0 Å². The number of nitrogens with one attached hydrogen (secondary N) is 1. The number of amides is 1. The van der Waals surface area contributed by atoms with Crippen molar-refractivity contribution in [2.75, 3.05) is 5.32 Å². The number of unbranched alkanes of at least 4 members (excludes halogenated alkanes) is 1. The summed E-state index contributed by atoms with van der Waals surface area (Å²) in [5.41, 5.74) is 0. The van der Waals surface area contributed by atoms with Gasteiger partial charge in [0.25, 0.3) is 0 Å². The molecule has 0 aliphatic rings. The normalized spacial score (nSPS) is 11.3. The monoisotopic (exact) mass is 339 g/mol. The van der Waals surface area contributed by atoms with E-state index in [-0.39, 0.29) is 16.6 Å². The first-order chi connectivity index (χ1) is 10.5. The van der Waals surface area contributed by atoms with Gasteiger partial charge in [-0.2, -0.15) is 0 Å². The first-order valence-electron chi connectivity index (χ1n) is 6.91. The number of sulfone groups is 1. The van der Waals surface area contributed by atoms with Crippen LogP contribution in [0.3, 0.4) is 0 Å². The Bertz CT molecular complexity index is 727. The van der Waals surface area contributed by atoms with Gasteiger partial charge in [0, 0.05) is 6.42 Å². The van der Waals surface area contributed by atoms with Crippen molar-refractivity contribution in [3.05, 3.63) is 35.3 Å². The minimum absolute atomic E-state index is 0.129. The predicted molar refractivity (Wildman–Crippen MR) is 85.4 cm³/mol. The van der Waals surface area contributed by atoms with Gasteiger partial charge in [-0.1, -0.05) is 42.9 Å². The van der Waals surface area contributed by atoms with Gasteiger partial charge in [-0.05, 0) is 18.6 Å². The molecular weight excluding hydrogens is 322 g/mol. The summed E-state index contributed by atoms with van der Waals surface area (Å²) in [7, 11) is -3.45. The van der Waals surface area contributed by atoms with E-state index in [1.807, 2.05) is 6.92 Å². The van der Waals surface area contributed by atoms with Gasteiger partial charge in [0.05, 0.1) is 4.90 Å². The smallest absolute Gasteiger partial charge is 0.226 e. The van der Waals surface area contributed by atoms with Crippen LogP contribution in [0, 0.1) is 0 Å². The lowest BCUT2D eigenvalue weighted by Crippen LogP contribution is -2.10. The number of benzene rings is 1. The van der Waals surface area contributed by atoms with Gasteiger partial charge >= 0.3 is 0 Å². The van der Waals surface area contributed by atoms with E-state index in [2.05, 4.69) is 15.5 Å². The highest BCUT2D eigenvalue weighted by molar-refractivity contribution is 7.90. The largest absolute Gasteiger partial charge is 0.301 e. The summed E-state index contributed by atoms with van der Waals surface area (Å²) in [5, 5.41) is 11.0. The van der Waals surface area contributed by atoms with Gasteiger partial charge in [0.1, 0.15) is 10.8 Å². The zero-order chi connectivity index (χ0) is 16.0. The maximum absolute atomic E-state index is 12.2. The molecule has 0 spiro atoms. The van der Waals surface area contributed by atoms with E-state index in [1.54, 1.807) is 30.3 Å². The molecule has 0 fully saturated rings. The first-order valence-corrected chi connectivity index (χ1v) is 9.38. The number of anilines is 1. The van der Waals surface area contributed by atoms with Gasteiger partial charge < -0.3 is 5.32 Å². The molecule has 1 aromatic carbocycles. The van der Waals surface area contributed by atoms with Gasteiger partial charge in [0.15, 0.2) is 9.84 Å². The molecule has 0 atom stereocenters. The third kappa shape index (κ3) is 4.60. The molecule has 0 radical (unpaired) electrons. The molecule has 1 N–H and O–H groups in total. The summed E-state index contributed by atoms with van der Waals surface area (Å²) < 4.78 is 24.5. The number of rotatable bonds is 7. The number of hydrogen-bond acceptors (Lipinski definition) is 6. The fourth-order valence-electron chi connectivity index (χ4n) is 1.76. The summed E-state index contributed by atoms with van der Waals surface area (Å²) >= 11 is 1.08. The van der Waals surface area contributed by atoms with Gasteiger partial charge in [-0.15, -0.1) is 10.2 Å². The number of aromatic nitrogens is 2. The quantitative estimate of drug-likeness (QED) is 0.837. The molecule has 6 nitrogen and oxygen atoms in total. The van der Waals surface area contributed by atoms with Gasteiger partial charge in [0.2, 0.25) is 11.0 Å². The fraction of sp³-hybridized carbons (Fsp3) is 0.357. The van der Waals surface area contributed by atoms with E-state index in [9.17, 15) is 13.2 Å². The first kappa shape index (κ1) is 16.6. The van der Waals surface area contributed by atoms with E-state index in [4.69, 9.17) is 0 Å². The number of carbonyl (C=O) groups is 1. The average molecular weight is 339 g/mol. The van der Waals surface area contributed by atoms with Crippen molar-refractivity contribution in [2.45, 2.75) is 36.8 Å². The molecule has 2 rings (SSSR count). The van der Waals surface area contributed by atoms with Crippen LogP contribution in [0.15, 0.2) is 35.2 Å². The highest BCUT2D eigenvalue weighted by Gasteiger charge is 2.18. The Morgan fingerprint density at radius 2 is 1.95 bits per heavy atom. The van der Waals surface area contributed by atoms with Crippen LogP contribution in [-0.4, -0.2) is 24.5 Å². The van der Waals surface area contributed by atoms with Gasteiger partial charge in [-0.25, -0.2) is 8.42 Å². The lowest BCUT2D eigenvalue weighted by Gasteiger charge is -2.01. The maximum Gasteiger partial charge on any atom is 0.226 e. The summed E-state index contributed by atoms with van der Waals surface area (Å²) in [4.78, 5) is 11.8. The highest BCUT2D eigenvalue weighted by atomic mass is 32.2. The second-order valence-electron chi connectivity index (χ2n) is 4.72. The van der Waals surface area contributed by atoms with E-state index in [1.165, 1.54) is 0 Å². The molecule has 0 bridgehead atoms. The van der Waals surface area contributed by atoms with Crippen LogP contribution >= 0.6 is 11.3 Å². The van der Waals surface area contributed by atoms with Crippen LogP contribution in [0.5, 0.6) is 0 Å². The Morgan fingerprint density at radius 1 is 1.23 bits per heavy atom. The topological polar surface area (TPSA) is 89.0 Å². The van der Waals surface area contributed by atoms with Crippen LogP contribution in [0.25, 0.3) is 0 Å². The molecule has 0 unspecified atom stereocenters. The number of nitrogens with zero attached hydrogens (tertiary/aromatic N) is 2. The van der Waals surface area contributed by atoms with Crippen LogP contribution < -0.4 is 5.32 Å². The third-order valence-corrected chi connectivity index (χ3v) is 5.55. The summed E-state index contributed by atoms with van der Waals surface area (Å²) in [6.07, 6.45) is 2.16. The molecule has 0 saturated heterocycles. The molecule has 2 aromatic rings. The standard InChI is InChI=1S/C14H17N3O3S2/c1-2-3-9-12(18)15-14-17-16-13(21-14)10-22(19,20)11-7-5-4-6-8-11/h4-8H,2-3,9-10H2,1H3,(H,15,17,18). The molecule has 118 valence electrons. The zero-order valence-electron chi connectivity index (χ0n) is 12.2. The molecule has 1 aromatic heterocycles. The van der Waals surface area contributed by atoms with Crippen LogP contribution in [0.4, 0.5) is 5.13 Å². The lowest BCUT2D eigenvalue weighted by atomic mass is 10.2. The molecule has 0 saturated carbocycles. The minimum atomic E-state index is -3.45. The Hall–Kier alpha value is -1.80. The molecule has 0 aliphatic carbocycles. The van der Waals surface area contributed by atoms with Crippen molar-refractivity contribution in [2.24, 2.45) is 0 Å². The highest BCUT2D eigenvalue weighted by Crippen LogP contribution is 2.21. The summed E-state index contributed by atoms with van der Waals surface area (Å²) in [6, 6.07) is 8.19. The predicted octanol–water partition coefficient (Wildman–Crippen LogP) is 2.64. The van der Waals surface area contributed by atoms with Crippen molar-refractivity contribution >= 4 is 32.2 Å². The number of carbonyl (C=O) groups excluding carboxylic acids is 1. The third-order valence-electron chi connectivity index (χ3n) is 2.89. The Kier molecular flexibility index (Phi) is 5.62. The second kappa shape index (κ2) is 7.46. The van der Waals surface area contributed by atoms with E-state index < -0.39 is 9.84 Å². The molecule has 0 aliphatic heterocycles. The summed E-state index contributed by atoms with van der Waals surface area (Å²) in [5.74, 6) is -0.352. The van der Waals surface area contributed by atoms with Gasteiger partial charge in [-0.3, -0.25) is 4.79 Å².